The molecule has 0 aliphatic heterocycles. The summed E-state index contributed by atoms with van der Waals surface area (Å²) >= 11 is 5.83. The average molecular weight is 268 g/mol. The highest BCUT2D eigenvalue weighted by atomic mass is 35.5. The highest BCUT2D eigenvalue weighted by molar-refractivity contribution is 6.31. The number of anilines is 1. The number of hydrogen-bond donors (Lipinski definition) is 1. The maximum Gasteiger partial charge on any atom is 0.343 e. The quantitative estimate of drug-likeness (QED) is 0.395. The van der Waals surface area contributed by atoms with E-state index in [-0.39, 0.29) is 12.2 Å². The van der Waals surface area contributed by atoms with E-state index in [1.807, 2.05) is 6.92 Å². The van der Waals surface area contributed by atoms with E-state index in [4.69, 9.17) is 16.3 Å². The van der Waals surface area contributed by atoms with Gasteiger partial charge in [0, 0.05) is 10.7 Å². The zero-order chi connectivity index (χ0) is 13.7. The Morgan fingerprint density at radius 1 is 1.44 bits per heavy atom. The largest absolute Gasteiger partial charge is 0.462 e. The van der Waals surface area contributed by atoms with Crippen LogP contribution in [0.15, 0.2) is 30.4 Å². The molecule has 96 valence electrons. The number of carbonyl (C=O) groups excluding carboxylic acids is 2. The molecule has 0 saturated carbocycles. The van der Waals surface area contributed by atoms with Crippen LogP contribution in [0.2, 0.25) is 5.02 Å². The number of rotatable bonds is 4. The number of carbonyl (C=O) groups is 2. The molecule has 0 bridgehead atoms. The number of hydrogen-bond acceptors (Lipinski definition) is 3. The standard InChI is InChI=1S/C13H14ClNO3/c1-4-18-13(17)9(3)12(16)15-11-7-10(14)6-5-8(11)2/h5-7H,3-4H2,1-2H3,(H,15,16). The number of benzene rings is 1. The molecule has 1 rings (SSSR count). The third kappa shape index (κ3) is 3.60. The third-order valence-electron chi connectivity index (χ3n) is 2.24. The van der Waals surface area contributed by atoms with E-state index in [1.54, 1.807) is 25.1 Å². The van der Waals surface area contributed by atoms with Gasteiger partial charge >= 0.3 is 5.97 Å². The summed E-state index contributed by atoms with van der Waals surface area (Å²) < 4.78 is 4.69. The third-order valence-corrected chi connectivity index (χ3v) is 2.48. The summed E-state index contributed by atoms with van der Waals surface area (Å²) in [5.74, 6) is -1.33. The Morgan fingerprint density at radius 2 is 2.11 bits per heavy atom. The number of nitrogens with one attached hydrogen (secondary N) is 1. The summed E-state index contributed by atoms with van der Waals surface area (Å²) in [4.78, 5) is 23.1. The molecule has 1 amide bonds. The van der Waals surface area contributed by atoms with Crippen molar-refractivity contribution in [1.82, 2.24) is 0 Å². The summed E-state index contributed by atoms with van der Waals surface area (Å²) in [7, 11) is 0. The summed E-state index contributed by atoms with van der Waals surface area (Å²) in [5.41, 5.74) is 1.14. The maximum absolute atomic E-state index is 11.7. The lowest BCUT2D eigenvalue weighted by atomic mass is 10.2. The molecule has 0 fully saturated rings. The minimum atomic E-state index is -0.727. The van der Waals surface area contributed by atoms with Crippen LogP contribution >= 0.6 is 11.6 Å². The molecule has 18 heavy (non-hydrogen) atoms. The fourth-order valence-corrected chi connectivity index (χ4v) is 1.41. The first-order valence-corrected chi connectivity index (χ1v) is 5.77. The van der Waals surface area contributed by atoms with Gasteiger partial charge in [0.2, 0.25) is 0 Å². The lowest BCUT2D eigenvalue weighted by molar-refractivity contribution is -0.139. The highest BCUT2D eigenvalue weighted by Gasteiger charge is 2.17. The molecule has 1 N–H and O–H groups in total. The molecule has 0 aromatic heterocycles. The van der Waals surface area contributed by atoms with Gasteiger partial charge in [0.25, 0.3) is 5.91 Å². The predicted molar refractivity (Wildman–Crippen MR) is 70.6 cm³/mol. The molecule has 0 aliphatic carbocycles. The van der Waals surface area contributed by atoms with Gasteiger partial charge in [-0.2, -0.15) is 0 Å². The molecular weight excluding hydrogens is 254 g/mol. The van der Waals surface area contributed by atoms with Gasteiger partial charge in [-0.05, 0) is 31.5 Å². The molecule has 0 unspecified atom stereocenters. The maximum atomic E-state index is 11.7. The summed E-state index contributed by atoms with van der Waals surface area (Å²) in [5, 5.41) is 3.06. The molecule has 0 atom stereocenters. The second-order valence-corrected chi connectivity index (χ2v) is 4.05. The van der Waals surface area contributed by atoms with E-state index in [0.717, 1.165) is 5.56 Å². The monoisotopic (exact) mass is 267 g/mol. The first-order chi connectivity index (χ1) is 8.45. The first-order valence-electron chi connectivity index (χ1n) is 5.39. The summed E-state index contributed by atoms with van der Waals surface area (Å²) in [6.07, 6.45) is 0. The van der Waals surface area contributed by atoms with Crippen LogP contribution < -0.4 is 5.32 Å². The van der Waals surface area contributed by atoms with Crippen molar-refractivity contribution in [3.63, 3.8) is 0 Å². The smallest absolute Gasteiger partial charge is 0.343 e. The Balaban J connectivity index is 2.78. The van der Waals surface area contributed by atoms with Gasteiger partial charge in [0.05, 0.1) is 6.61 Å². The molecule has 1 aromatic carbocycles. The number of esters is 1. The second kappa shape index (κ2) is 6.21. The first kappa shape index (κ1) is 14.3. The normalized spacial score (nSPS) is 9.72. The van der Waals surface area contributed by atoms with Crippen LogP contribution in [0, 0.1) is 6.92 Å². The SMILES string of the molecule is C=C(C(=O)Nc1cc(Cl)ccc1C)C(=O)OCC. The van der Waals surface area contributed by atoms with Crippen LogP contribution in [0.5, 0.6) is 0 Å². The van der Waals surface area contributed by atoms with Crippen molar-refractivity contribution in [2.75, 3.05) is 11.9 Å². The van der Waals surface area contributed by atoms with Crippen LogP contribution in [0.1, 0.15) is 12.5 Å². The van der Waals surface area contributed by atoms with Crippen LogP contribution in [0.25, 0.3) is 0 Å². The summed E-state index contributed by atoms with van der Waals surface area (Å²) in [6, 6.07) is 5.09. The zero-order valence-electron chi connectivity index (χ0n) is 10.2. The van der Waals surface area contributed by atoms with Crippen molar-refractivity contribution < 1.29 is 14.3 Å². The molecule has 0 saturated heterocycles. The van der Waals surface area contributed by atoms with Crippen molar-refractivity contribution >= 4 is 29.2 Å². The molecule has 4 nitrogen and oxygen atoms in total. The van der Waals surface area contributed by atoms with E-state index in [0.29, 0.717) is 10.7 Å². The van der Waals surface area contributed by atoms with Crippen molar-refractivity contribution in [2.45, 2.75) is 13.8 Å². The fourth-order valence-electron chi connectivity index (χ4n) is 1.24. The lowest BCUT2D eigenvalue weighted by Gasteiger charge is -2.09. The van der Waals surface area contributed by atoms with Crippen LogP contribution in [0.3, 0.4) is 0 Å². The lowest BCUT2D eigenvalue weighted by Crippen LogP contribution is -2.21. The number of aryl methyl sites for hydroxylation is 1. The van der Waals surface area contributed by atoms with E-state index in [1.165, 1.54) is 0 Å². The fraction of sp³-hybridized carbons (Fsp3) is 0.231. The van der Waals surface area contributed by atoms with E-state index < -0.39 is 11.9 Å². The Labute approximate surface area is 111 Å². The molecule has 5 heteroatoms. The summed E-state index contributed by atoms with van der Waals surface area (Å²) in [6.45, 7) is 7.07. The molecule has 0 spiro atoms. The van der Waals surface area contributed by atoms with Crippen LogP contribution in [0.4, 0.5) is 5.69 Å². The van der Waals surface area contributed by atoms with Gasteiger partial charge in [-0.15, -0.1) is 0 Å². The molecule has 0 heterocycles. The Bertz CT molecular complexity index is 497. The average Bonchev–Trinajstić information content (AvgIpc) is 2.33. The van der Waals surface area contributed by atoms with Crippen molar-refractivity contribution in [1.29, 1.82) is 0 Å². The van der Waals surface area contributed by atoms with Gasteiger partial charge in [0.1, 0.15) is 5.57 Å². The number of amides is 1. The van der Waals surface area contributed by atoms with Gasteiger partial charge in [-0.1, -0.05) is 24.2 Å². The Hall–Kier alpha value is -1.81. The molecular formula is C13H14ClNO3. The van der Waals surface area contributed by atoms with Crippen molar-refractivity contribution in [3.8, 4) is 0 Å². The number of halogens is 1. The van der Waals surface area contributed by atoms with Crippen LogP contribution in [-0.4, -0.2) is 18.5 Å². The van der Waals surface area contributed by atoms with E-state index >= 15 is 0 Å². The molecule has 0 aliphatic rings. The van der Waals surface area contributed by atoms with E-state index in [9.17, 15) is 9.59 Å². The topological polar surface area (TPSA) is 55.4 Å². The predicted octanol–water partition coefficient (Wildman–Crippen LogP) is 2.71. The second-order valence-electron chi connectivity index (χ2n) is 3.61. The molecule has 1 aromatic rings. The van der Waals surface area contributed by atoms with Crippen molar-refractivity contribution in [3.05, 3.63) is 40.9 Å². The van der Waals surface area contributed by atoms with Gasteiger partial charge < -0.3 is 10.1 Å². The highest BCUT2D eigenvalue weighted by Crippen LogP contribution is 2.20. The van der Waals surface area contributed by atoms with Gasteiger partial charge in [-0.25, -0.2) is 4.79 Å². The van der Waals surface area contributed by atoms with Gasteiger partial charge in [0.15, 0.2) is 0 Å². The van der Waals surface area contributed by atoms with Crippen molar-refractivity contribution in [2.24, 2.45) is 0 Å². The minimum Gasteiger partial charge on any atom is -0.462 e. The van der Waals surface area contributed by atoms with Gasteiger partial charge in [-0.3, -0.25) is 4.79 Å². The minimum absolute atomic E-state index is 0.196. The molecule has 0 radical (unpaired) electrons. The van der Waals surface area contributed by atoms with E-state index in [2.05, 4.69) is 11.9 Å². The number of ether oxygens (including phenoxy) is 1. The Kier molecular flexibility index (Phi) is 4.92. The Morgan fingerprint density at radius 3 is 2.72 bits per heavy atom. The van der Waals surface area contributed by atoms with Crippen LogP contribution in [-0.2, 0) is 14.3 Å². The zero-order valence-corrected chi connectivity index (χ0v) is 11.0.